The Morgan fingerprint density at radius 1 is 1.05 bits per heavy atom. The number of aliphatic hydroxyl groups excluding tert-OH is 1. The Bertz CT molecular complexity index is 1370. The lowest BCUT2D eigenvalue weighted by atomic mass is 9.86. The molecule has 212 valence electrons. The Labute approximate surface area is 237 Å². The highest BCUT2D eigenvalue weighted by Crippen LogP contribution is 2.34. The van der Waals surface area contributed by atoms with Gasteiger partial charge < -0.3 is 24.2 Å². The highest BCUT2D eigenvalue weighted by Gasteiger charge is 2.31. The summed E-state index contributed by atoms with van der Waals surface area (Å²) in [6.07, 6.45) is 2.59. The van der Waals surface area contributed by atoms with Crippen molar-refractivity contribution in [3.05, 3.63) is 88.6 Å². The number of hydrogen-bond acceptors (Lipinski definition) is 6. The van der Waals surface area contributed by atoms with Crippen LogP contribution >= 0.6 is 0 Å². The van der Waals surface area contributed by atoms with Gasteiger partial charge in [0.25, 0.3) is 0 Å². The average Bonchev–Trinajstić information content (AvgIpc) is 3.29. The molecule has 0 bridgehead atoms. The molecule has 2 atom stereocenters. The monoisotopic (exact) mass is 544 g/mol. The zero-order valence-electron chi connectivity index (χ0n) is 24.5. The van der Waals surface area contributed by atoms with Gasteiger partial charge in [-0.3, -0.25) is 4.79 Å². The van der Waals surface area contributed by atoms with Crippen LogP contribution in [0.5, 0.6) is 17.4 Å². The molecule has 0 spiro atoms. The lowest BCUT2D eigenvalue weighted by Gasteiger charge is -2.25. The van der Waals surface area contributed by atoms with Crippen molar-refractivity contribution >= 4 is 11.5 Å². The maximum Gasteiger partial charge on any atom is 0.223 e. The van der Waals surface area contributed by atoms with E-state index in [0.717, 1.165) is 16.7 Å². The molecule has 0 saturated carbocycles. The van der Waals surface area contributed by atoms with E-state index >= 15 is 0 Å². The molecule has 2 aromatic carbocycles. The summed E-state index contributed by atoms with van der Waals surface area (Å²) in [5.41, 5.74) is 5.40. The van der Waals surface area contributed by atoms with Crippen molar-refractivity contribution in [2.24, 2.45) is 0 Å². The number of benzene rings is 2. The zero-order valence-corrected chi connectivity index (χ0v) is 24.5. The second kappa shape index (κ2) is 12.1. The summed E-state index contributed by atoms with van der Waals surface area (Å²) in [4.78, 5) is 19.8. The normalized spacial score (nSPS) is 16.7. The Morgan fingerprint density at radius 2 is 1.77 bits per heavy atom. The minimum absolute atomic E-state index is 0.0227. The molecule has 1 fully saturated rings. The van der Waals surface area contributed by atoms with Crippen LogP contribution in [0.25, 0.3) is 5.57 Å². The number of carbonyl (C=O) groups is 1. The molecular weight excluding hydrogens is 504 g/mol. The lowest BCUT2D eigenvalue weighted by Crippen LogP contribution is -2.31. The summed E-state index contributed by atoms with van der Waals surface area (Å²) in [5, 5.41) is 10.2. The third-order valence-corrected chi connectivity index (χ3v) is 7.44. The van der Waals surface area contributed by atoms with Gasteiger partial charge in [0.2, 0.25) is 11.8 Å². The Kier molecular flexibility index (Phi) is 8.84. The number of rotatable bonds is 9. The van der Waals surface area contributed by atoms with E-state index in [9.17, 15) is 9.90 Å². The van der Waals surface area contributed by atoms with Gasteiger partial charge in [0.1, 0.15) is 11.5 Å². The SMILES string of the molecule is COc1ccc(CN2C(=O)CC[C@@H]2/C=C(\c2ccc(C(C)(C)C)cc2)c2ccc(C(C)O)c(OC)n2)c(OC)c1. The van der Waals surface area contributed by atoms with Crippen LogP contribution in [0.1, 0.15) is 74.6 Å². The third-order valence-electron chi connectivity index (χ3n) is 7.44. The average molecular weight is 545 g/mol. The first-order valence-corrected chi connectivity index (χ1v) is 13.6. The molecule has 3 aromatic rings. The molecule has 1 aliphatic rings. The van der Waals surface area contributed by atoms with E-state index in [0.29, 0.717) is 48.0 Å². The number of aliphatic hydroxyl groups is 1. The maximum atomic E-state index is 13.1. The lowest BCUT2D eigenvalue weighted by molar-refractivity contribution is -0.129. The summed E-state index contributed by atoms with van der Waals surface area (Å²) in [6, 6.07) is 17.8. The minimum atomic E-state index is -0.711. The quantitative estimate of drug-likeness (QED) is 0.352. The van der Waals surface area contributed by atoms with Gasteiger partial charge in [0, 0.05) is 35.7 Å². The van der Waals surface area contributed by atoms with Crippen molar-refractivity contribution < 1.29 is 24.1 Å². The number of ether oxygens (including phenoxy) is 3. The molecule has 1 N–H and O–H groups in total. The predicted molar refractivity (Wildman–Crippen MR) is 157 cm³/mol. The van der Waals surface area contributed by atoms with E-state index in [1.165, 1.54) is 5.56 Å². The zero-order chi connectivity index (χ0) is 29.0. The number of amides is 1. The van der Waals surface area contributed by atoms with Gasteiger partial charge in [-0.05, 0) is 54.2 Å². The summed E-state index contributed by atoms with van der Waals surface area (Å²) in [7, 11) is 4.79. The van der Waals surface area contributed by atoms with Crippen molar-refractivity contribution in [2.75, 3.05) is 21.3 Å². The fourth-order valence-corrected chi connectivity index (χ4v) is 5.05. The molecule has 1 saturated heterocycles. The van der Waals surface area contributed by atoms with Crippen LogP contribution in [0.15, 0.2) is 60.7 Å². The van der Waals surface area contributed by atoms with E-state index in [2.05, 4.69) is 51.1 Å². The number of nitrogens with zero attached hydrogens (tertiary/aromatic N) is 2. The maximum absolute atomic E-state index is 13.1. The fraction of sp³-hybridized carbons (Fsp3) is 0.394. The molecule has 4 rings (SSSR count). The van der Waals surface area contributed by atoms with Crippen molar-refractivity contribution in [1.82, 2.24) is 9.88 Å². The molecule has 7 nitrogen and oxygen atoms in total. The van der Waals surface area contributed by atoms with Crippen LogP contribution in [0, 0.1) is 0 Å². The first-order chi connectivity index (χ1) is 19.0. The van der Waals surface area contributed by atoms with Gasteiger partial charge in [0.05, 0.1) is 39.2 Å². The second-order valence-electron chi connectivity index (χ2n) is 11.2. The van der Waals surface area contributed by atoms with E-state index in [-0.39, 0.29) is 17.4 Å². The predicted octanol–water partition coefficient (Wildman–Crippen LogP) is 6.08. The molecule has 0 radical (unpaired) electrons. The van der Waals surface area contributed by atoms with Gasteiger partial charge in [-0.25, -0.2) is 4.98 Å². The summed E-state index contributed by atoms with van der Waals surface area (Å²) < 4.78 is 16.5. The summed E-state index contributed by atoms with van der Waals surface area (Å²) in [5.74, 6) is 1.86. The molecule has 1 amide bonds. The largest absolute Gasteiger partial charge is 0.497 e. The Balaban J connectivity index is 1.78. The van der Waals surface area contributed by atoms with E-state index in [1.54, 1.807) is 28.3 Å². The van der Waals surface area contributed by atoms with Crippen molar-refractivity contribution in [1.29, 1.82) is 0 Å². The van der Waals surface area contributed by atoms with Crippen LogP contribution in [-0.2, 0) is 16.8 Å². The van der Waals surface area contributed by atoms with Crippen molar-refractivity contribution in [3.8, 4) is 17.4 Å². The number of pyridine rings is 1. The molecular formula is C33H40N2O5. The minimum Gasteiger partial charge on any atom is -0.497 e. The standard InChI is InChI=1S/C33H40N2O5/c1-21(36)27-15-16-29(34-32(27)40-7)28(22-8-11-24(12-9-22)33(2,3)4)18-25-13-17-31(37)35(25)20-23-10-14-26(38-5)19-30(23)39-6/h8-12,14-16,18-19,21,25,36H,13,17,20H2,1-7H3/b28-18+/t21?,25-/m1/s1. The molecule has 1 unspecified atom stereocenters. The van der Waals surface area contributed by atoms with Crippen LogP contribution < -0.4 is 14.2 Å². The second-order valence-corrected chi connectivity index (χ2v) is 11.2. The molecule has 7 heteroatoms. The first-order valence-electron chi connectivity index (χ1n) is 13.6. The van der Waals surface area contributed by atoms with Crippen LogP contribution in [0.2, 0.25) is 0 Å². The van der Waals surface area contributed by atoms with Crippen LogP contribution in [0.4, 0.5) is 0 Å². The Hall–Kier alpha value is -3.84. The third kappa shape index (κ3) is 6.31. The van der Waals surface area contributed by atoms with E-state index in [1.807, 2.05) is 35.2 Å². The molecule has 0 aliphatic carbocycles. The number of hydrogen-bond donors (Lipinski definition) is 1. The fourth-order valence-electron chi connectivity index (χ4n) is 5.05. The summed E-state index contributed by atoms with van der Waals surface area (Å²) in [6.45, 7) is 8.68. The number of likely N-dealkylation sites (tertiary alicyclic amines) is 1. The van der Waals surface area contributed by atoms with Gasteiger partial charge in [-0.15, -0.1) is 0 Å². The first kappa shape index (κ1) is 29.2. The molecule has 2 heterocycles. The smallest absolute Gasteiger partial charge is 0.223 e. The van der Waals surface area contributed by atoms with Gasteiger partial charge in [-0.1, -0.05) is 51.1 Å². The number of methoxy groups -OCH3 is 3. The van der Waals surface area contributed by atoms with E-state index in [4.69, 9.17) is 19.2 Å². The molecule has 40 heavy (non-hydrogen) atoms. The van der Waals surface area contributed by atoms with Gasteiger partial charge >= 0.3 is 0 Å². The summed E-state index contributed by atoms with van der Waals surface area (Å²) >= 11 is 0. The highest BCUT2D eigenvalue weighted by atomic mass is 16.5. The number of aromatic nitrogens is 1. The van der Waals surface area contributed by atoms with Crippen LogP contribution in [0.3, 0.4) is 0 Å². The van der Waals surface area contributed by atoms with Crippen molar-refractivity contribution in [2.45, 2.75) is 64.6 Å². The topological polar surface area (TPSA) is 81.1 Å². The highest BCUT2D eigenvalue weighted by molar-refractivity contribution is 5.83. The molecule has 1 aliphatic heterocycles. The van der Waals surface area contributed by atoms with E-state index < -0.39 is 6.10 Å². The van der Waals surface area contributed by atoms with Gasteiger partial charge in [-0.2, -0.15) is 0 Å². The number of carbonyl (C=O) groups excluding carboxylic acids is 1. The Morgan fingerprint density at radius 3 is 2.38 bits per heavy atom. The van der Waals surface area contributed by atoms with Crippen LogP contribution in [-0.4, -0.2) is 48.3 Å². The van der Waals surface area contributed by atoms with Gasteiger partial charge in [0.15, 0.2) is 0 Å². The van der Waals surface area contributed by atoms with Crippen molar-refractivity contribution in [3.63, 3.8) is 0 Å². The molecule has 1 aromatic heterocycles.